The largest absolute Gasteiger partial charge is 0.481 e. The van der Waals surface area contributed by atoms with E-state index in [1.165, 1.54) is 0 Å². The minimum absolute atomic E-state index is 0.200. The van der Waals surface area contributed by atoms with E-state index in [9.17, 15) is 9.59 Å². The highest BCUT2D eigenvalue weighted by Gasteiger charge is 2.27. The maximum atomic E-state index is 12.4. The fourth-order valence-corrected chi connectivity index (χ4v) is 3.14. The highest BCUT2D eigenvalue weighted by Crippen LogP contribution is 2.20. The number of likely N-dealkylation sites (tertiary alicyclic amines) is 1. The second kappa shape index (κ2) is 6.96. The van der Waals surface area contributed by atoms with Gasteiger partial charge >= 0.3 is 12.0 Å². The number of hydrogen-bond donors (Lipinski definition) is 2. The second-order valence-corrected chi connectivity index (χ2v) is 6.42. The predicted octanol–water partition coefficient (Wildman–Crippen LogP) is 2.82. The van der Waals surface area contributed by atoms with Crippen molar-refractivity contribution in [2.75, 3.05) is 18.4 Å². The Kier molecular flexibility index (Phi) is 4.74. The van der Waals surface area contributed by atoms with E-state index in [1.807, 2.05) is 48.9 Å². The van der Waals surface area contributed by atoms with Gasteiger partial charge in [-0.3, -0.25) is 4.79 Å². The number of carboxylic acids is 1. The zero-order valence-corrected chi connectivity index (χ0v) is 14.4. The number of aryl methyl sites for hydroxylation is 2. The van der Waals surface area contributed by atoms with Gasteiger partial charge in [-0.1, -0.05) is 6.07 Å². The Labute approximate surface area is 146 Å². The van der Waals surface area contributed by atoms with Crippen LogP contribution in [0.15, 0.2) is 30.3 Å². The lowest BCUT2D eigenvalue weighted by Crippen LogP contribution is -2.42. The normalized spacial score (nSPS) is 15.2. The molecule has 1 saturated heterocycles. The molecule has 2 heterocycles. The summed E-state index contributed by atoms with van der Waals surface area (Å²) in [6.07, 6.45) is 0.989. The SMILES string of the molecule is Cc1cc(C)n(-c2cccc(NC(=O)N3CCC(C(=O)O)CC3)c2)n1. The average Bonchev–Trinajstić information content (AvgIpc) is 2.93. The fraction of sp³-hybridized carbons (Fsp3) is 0.389. The molecule has 25 heavy (non-hydrogen) atoms. The highest BCUT2D eigenvalue weighted by atomic mass is 16.4. The zero-order chi connectivity index (χ0) is 18.0. The van der Waals surface area contributed by atoms with Gasteiger partial charge in [0.1, 0.15) is 0 Å². The van der Waals surface area contributed by atoms with Crippen molar-refractivity contribution in [3.8, 4) is 5.69 Å². The lowest BCUT2D eigenvalue weighted by atomic mass is 9.97. The van der Waals surface area contributed by atoms with Gasteiger partial charge in [0.05, 0.1) is 17.3 Å². The van der Waals surface area contributed by atoms with Crippen LogP contribution in [0.3, 0.4) is 0 Å². The summed E-state index contributed by atoms with van der Waals surface area (Å²) in [5.41, 5.74) is 3.54. The van der Waals surface area contributed by atoms with Crippen LogP contribution in [0, 0.1) is 19.8 Å². The van der Waals surface area contributed by atoms with Gasteiger partial charge in [0.25, 0.3) is 0 Å². The number of urea groups is 1. The third-order valence-corrected chi connectivity index (χ3v) is 4.48. The van der Waals surface area contributed by atoms with E-state index < -0.39 is 5.97 Å². The quantitative estimate of drug-likeness (QED) is 0.898. The number of benzene rings is 1. The van der Waals surface area contributed by atoms with Gasteiger partial charge in [0, 0.05) is 24.5 Å². The van der Waals surface area contributed by atoms with E-state index in [2.05, 4.69) is 10.4 Å². The zero-order valence-electron chi connectivity index (χ0n) is 14.4. The summed E-state index contributed by atoms with van der Waals surface area (Å²) < 4.78 is 1.84. The van der Waals surface area contributed by atoms with Crippen molar-refractivity contribution >= 4 is 17.7 Å². The van der Waals surface area contributed by atoms with Gasteiger partial charge < -0.3 is 15.3 Å². The first-order valence-corrected chi connectivity index (χ1v) is 8.36. The molecule has 0 spiro atoms. The maximum Gasteiger partial charge on any atom is 0.321 e. The predicted molar refractivity (Wildman–Crippen MR) is 94.0 cm³/mol. The topological polar surface area (TPSA) is 87.5 Å². The number of anilines is 1. The monoisotopic (exact) mass is 342 g/mol. The molecular formula is C18H22N4O3. The van der Waals surface area contributed by atoms with Gasteiger partial charge in [-0.15, -0.1) is 0 Å². The Hall–Kier alpha value is -2.83. The summed E-state index contributed by atoms with van der Waals surface area (Å²) in [6, 6.07) is 9.32. The first kappa shape index (κ1) is 17.0. The molecule has 3 rings (SSSR count). The first-order chi connectivity index (χ1) is 11.9. The summed E-state index contributed by atoms with van der Waals surface area (Å²) >= 11 is 0. The number of carboxylic acid groups (broad SMARTS) is 1. The summed E-state index contributed by atoms with van der Waals surface area (Å²) in [5.74, 6) is -1.13. The Bertz CT molecular complexity index is 791. The van der Waals surface area contributed by atoms with Crippen LogP contribution in [0.1, 0.15) is 24.2 Å². The van der Waals surface area contributed by atoms with E-state index in [4.69, 9.17) is 5.11 Å². The van der Waals surface area contributed by atoms with Crippen LogP contribution in [0.25, 0.3) is 5.69 Å². The number of aliphatic carboxylic acids is 1. The van der Waals surface area contributed by atoms with Crippen molar-refractivity contribution in [3.05, 3.63) is 41.7 Å². The third kappa shape index (κ3) is 3.81. The Morgan fingerprint density at radius 2 is 1.92 bits per heavy atom. The van der Waals surface area contributed by atoms with Crippen molar-refractivity contribution in [1.29, 1.82) is 0 Å². The van der Waals surface area contributed by atoms with Gasteiger partial charge in [0.15, 0.2) is 0 Å². The maximum absolute atomic E-state index is 12.4. The summed E-state index contributed by atoms with van der Waals surface area (Å²) in [4.78, 5) is 25.1. The molecule has 0 unspecified atom stereocenters. The summed E-state index contributed by atoms with van der Waals surface area (Å²) in [6.45, 7) is 4.84. The molecule has 1 aliphatic rings. The second-order valence-electron chi connectivity index (χ2n) is 6.42. The molecule has 0 saturated carbocycles. The Morgan fingerprint density at radius 3 is 2.52 bits per heavy atom. The van der Waals surface area contributed by atoms with Crippen LogP contribution in [-0.4, -0.2) is 44.9 Å². The molecule has 0 atom stereocenters. The van der Waals surface area contributed by atoms with E-state index in [0.29, 0.717) is 31.6 Å². The minimum Gasteiger partial charge on any atom is -0.481 e. The summed E-state index contributed by atoms with van der Waals surface area (Å²) in [7, 11) is 0. The standard InChI is InChI=1S/C18H22N4O3/c1-12-10-13(2)22(20-12)16-5-3-4-15(11-16)19-18(25)21-8-6-14(7-9-21)17(23)24/h3-5,10-11,14H,6-9H2,1-2H3,(H,19,25)(H,23,24). The molecule has 1 aliphatic heterocycles. The van der Waals surface area contributed by atoms with Gasteiger partial charge in [0.2, 0.25) is 0 Å². The van der Waals surface area contributed by atoms with Crippen molar-refractivity contribution in [1.82, 2.24) is 14.7 Å². The lowest BCUT2D eigenvalue weighted by molar-refractivity contribution is -0.143. The molecule has 0 radical (unpaired) electrons. The third-order valence-electron chi connectivity index (χ3n) is 4.48. The van der Waals surface area contributed by atoms with Crippen molar-refractivity contribution in [2.24, 2.45) is 5.92 Å². The number of nitrogens with one attached hydrogen (secondary N) is 1. The Balaban J connectivity index is 1.67. The van der Waals surface area contributed by atoms with E-state index >= 15 is 0 Å². The number of carbonyl (C=O) groups is 2. The molecule has 7 nitrogen and oxygen atoms in total. The van der Waals surface area contributed by atoms with Crippen LogP contribution in [0.4, 0.5) is 10.5 Å². The molecule has 132 valence electrons. The molecule has 1 aromatic heterocycles. The molecule has 2 N–H and O–H groups in total. The molecule has 2 aromatic rings. The molecule has 1 aromatic carbocycles. The fourth-order valence-electron chi connectivity index (χ4n) is 3.14. The van der Waals surface area contributed by atoms with Crippen LogP contribution < -0.4 is 5.32 Å². The number of aromatic nitrogens is 2. The van der Waals surface area contributed by atoms with E-state index in [1.54, 1.807) is 4.90 Å². The van der Waals surface area contributed by atoms with E-state index in [-0.39, 0.29) is 11.9 Å². The number of carbonyl (C=O) groups excluding carboxylic acids is 1. The van der Waals surface area contributed by atoms with Crippen LogP contribution >= 0.6 is 0 Å². The van der Waals surface area contributed by atoms with Crippen LogP contribution in [-0.2, 0) is 4.79 Å². The first-order valence-electron chi connectivity index (χ1n) is 8.36. The van der Waals surface area contributed by atoms with Crippen LogP contribution in [0.2, 0.25) is 0 Å². The van der Waals surface area contributed by atoms with Gasteiger partial charge in [-0.25, -0.2) is 9.48 Å². The van der Waals surface area contributed by atoms with Crippen molar-refractivity contribution in [2.45, 2.75) is 26.7 Å². The molecular weight excluding hydrogens is 320 g/mol. The van der Waals surface area contributed by atoms with Crippen molar-refractivity contribution < 1.29 is 14.7 Å². The summed E-state index contributed by atoms with van der Waals surface area (Å²) in [5, 5.41) is 16.4. The highest BCUT2D eigenvalue weighted by molar-refractivity contribution is 5.89. The smallest absolute Gasteiger partial charge is 0.321 e. The number of amides is 2. The molecule has 7 heteroatoms. The number of piperidine rings is 1. The molecule has 1 fully saturated rings. The van der Waals surface area contributed by atoms with Crippen LogP contribution in [0.5, 0.6) is 0 Å². The van der Waals surface area contributed by atoms with Crippen molar-refractivity contribution in [3.63, 3.8) is 0 Å². The minimum atomic E-state index is -0.780. The Morgan fingerprint density at radius 1 is 1.20 bits per heavy atom. The van der Waals surface area contributed by atoms with Gasteiger partial charge in [-0.2, -0.15) is 5.10 Å². The molecule has 2 amide bonds. The molecule has 0 bridgehead atoms. The number of rotatable bonds is 3. The van der Waals surface area contributed by atoms with Gasteiger partial charge in [-0.05, 0) is 51.0 Å². The van der Waals surface area contributed by atoms with E-state index in [0.717, 1.165) is 17.1 Å². The lowest BCUT2D eigenvalue weighted by Gasteiger charge is -2.30. The average molecular weight is 342 g/mol. The number of nitrogens with zero attached hydrogens (tertiary/aromatic N) is 3. The number of hydrogen-bond acceptors (Lipinski definition) is 3. The molecule has 0 aliphatic carbocycles.